The smallest absolute Gasteiger partial charge is 0.251 e. The van der Waals surface area contributed by atoms with E-state index in [1.54, 1.807) is 29.5 Å². The molecular formula is C15H17ClN2OS. The Morgan fingerprint density at radius 1 is 1.40 bits per heavy atom. The van der Waals surface area contributed by atoms with Crippen LogP contribution in [0.15, 0.2) is 35.7 Å². The number of carbonyl (C=O) groups excluding carboxylic acids is 1. The van der Waals surface area contributed by atoms with Gasteiger partial charge in [-0.1, -0.05) is 31.5 Å². The predicted molar refractivity (Wildman–Crippen MR) is 85.5 cm³/mol. The van der Waals surface area contributed by atoms with Gasteiger partial charge in [0.2, 0.25) is 0 Å². The number of nitrogen functional groups attached to an aromatic ring is 1. The van der Waals surface area contributed by atoms with E-state index in [0.29, 0.717) is 22.8 Å². The molecule has 20 heavy (non-hydrogen) atoms. The first kappa shape index (κ1) is 14.9. The first-order valence-electron chi connectivity index (χ1n) is 6.27. The minimum Gasteiger partial charge on any atom is -0.399 e. The Kier molecular flexibility index (Phi) is 4.35. The number of nitrogens with two attached hydrogens (primary N) is 1. The van der Waals surface area contributed by atoms with Crippen LogP contribution in [0.3, 0.4) is 0 Å². The minimum atomic E-state index is -0.163. The standard InChI is InChI=1S/C15H17ClN2OS/c1-15(2,13-4-3-5-20-13)9-18-14(19)10-6-11(16)8-12(17)7-10/h3-8H,9,17H2,1-2H3,(H,18,19). The van der Waals surface area contributed by atoms with Crippen molar-refractivity contribution in [3.05, 3.63) is 51.2 Å². The lowest BCUT2D eigenvalue weighted by molar-refractivity contribution is 0.0946. The lowest BCUT2D eigenvalue weighted by Gasteiger charge is -2.23. The zero-order chi connectivity index (χ0) is 14.8. The Hall–Kier alpha value is -1.52. The Bertz CT molecular complexity index is 588. The molecule has 0 unspecified atom stereocenters. The van der Waals surface area contributed by atoms with Crippen molar-refractivity contribution in [2.75, 3.05) is 12.3 Å². The van der Waals surface area contributed by atoms with Crippen molar-refractivity contribution in [3.63, 3.8) is 0 Å². The van der Waals surface area contributed by atoms with Crippen LogP contribution in [0.5, 0.6) is 0 Å². The highest BCUT2D eigenvalue weighted by molar-refractivity contribution is 7.10. The first-order chi connectivity index (χ1) is 9.38. The molecule has 3 N–H and O–H groups in total. The molecule has 0 aliphatic heterocycles. The molecule has 0 aliphatic carbocycles. The van der Waals surface area contributed by atoms with Gasteiger partial charge in [-0.05, 0) is 29.6 Å². The maximum absolute atomic E-state index is 12.1. The minimum absolute atomic E-state index is 0.103. The van der Waals surface area contributed by atoms with E-state index < -0.39 is 0 Å². The highest BCUT2D eigenvalue weighted by Crippen LogP contribution is 2.26. The Morgan fingerprint density at radius 3 is 2.75 bits per heavy atom. The van der Waals surface area contributed by atoms with Crippen molar-refractivity contribution in [1.82, 2.24) is 5.32 Å². The third-order valence-corrected chi connectivity index (χ3v) is 4.52. The predicted octanol–water partition coefficient (Wildman–Crippen LogP) is 3.69. The Labute approximate surface area is 127 Å². The number of hydrogen-bond acceptors (Lipinski definition) is 3. The summed E-state index contributed by atoms with van der Waals surface area (Å²) in [5.41, 5.74) is 6.56. The zero-order valence-corrected chi connectivity index (χ0v) is 13.0. The van der Waals surface area contributed by atoms with Gasteiger partial charge in [-0.2, -0.15) is 0 Å². The summed E-state index contributed by atoms with van der Waals surface area (Å²) in [7, 11) is 0. The van der Waals surface area contributed by atoms with Gasteiger partial charge in [-0.15, -0.1) is 11.3 Å². The highest BCUT2D eigenvalue weighted by Gasteiger charge is 2.22. The Morgan fingerprint density at radius 2 is 2.15 bits per heavy atom. The fourth-order valence-electron chi connectivity index (χ4n) is 1.90. The molecule has 1 heterocycles. The van der Waals surface area contributed by atoms with E-state index in [1.807, 2.05) is 11.4 Å². The third kappa shape index (κ3) is 3.52. The summed E-state index contributed by atoms with van der Waals surface area (Å²) in [6.45, 7) is 4.76. The fraction of sp³-hybridized carbons (Fsp3) is 0.267. The molecule has 0 saturated heterocycles. The van der Waals surface area contributed by atoms with E-state index in [4.69, 9.17) is 17.3 Å². The summed E-state index contributed by atoms with van der Waals surface area (Å²) >= 11 is 7.60. The number of halogens is 1. The molecule has 0 spiro atoms. The lowest BCUT2D eigenvalue weighted by Crippen LogP contribution is -2.36. The monoisotopic (exact) mass is 308 g/mol. The van der Waals surface area contributed by atoms with Crippen molar-refractivity contribution < 1.29 is 4.79 Å². The molecule has 2 rings (SSSR count). The number of thiophene rings is 1. The van der Waals surface area contributed by atoms with E-state index in [0.717, 1.165) is 0 Å². The molecule has 0 aliphatic rings. The SMILES string of the molecule is CC(C)(CNC(=O)c1cc(N)cc(Cl)c1)c1cccs1. The van der Waals surface area contributed by atoms with Gasteiger partial charge in [0, 0.05) is 33.1 Å². The third-order valence-electron chi connectivity index (χ3n) is 3.06. The molecule has 2 aromatic rings. The maximum atomic E-state index is 12.1. The molecule has 0 saturated carbocycles. The summed E-state index contributed by atoms with van der Waals surface area (Å²) in [6.07, 6.45) is 0. The second-order valence-electron chi connectivity index (χ2n) is 5.32. The van der Waals surface area contributed by atoms with Crippen molar-refractivity contribution in [2.45, 2.75) is 19.3 Å². The van der Waals surface area contributed by atoms with Crippen LogP contribution in [0.4, 0.5) is 5.69 Å². The molecule has 0 radical (unpaired) electrons. The summed E-state index contributed by atoms with van der Waals surface area (Å²) in [4.78, 5) is 13.4. The van der Waals surface area contributed by atoms with Crippen LogP contribution in [-0.2, 0) is 5.41 Å². The second-order valence-corrected chi connectivity index (χ2v) is 6.70. The molecule has 106 valence electrons. The lowest BCUT2D eigenvalue weighted by atomic mass is 9.91. The molecule has 1 aromatic carbocycles. The summed E-state index contributed by atoms with van der Waals surface area (Å²) < 4.78 is 0. The normalized spacial score (nSPS) is 11.3. The van der Waals surface area contributed by atoms with Gasteiger partial charge in [-0.3, -0.25) is 4.79 Å². The largest absolute Gasteiger partial charge is 0.399 e. The molecular weight excluding hydrogens is 292 g/mol. The van der Waals surface area contributed by atoms with Crippen molar-refractivity contribution in [1.29, 1.82) is 0 Å². The summed E-state index contributed by atoms with van der Waals surface area (Å²) in [5, 5.41) is 5.44. The first-order valence-corrected chi connectivity index (χ1v) is 7.52. The van der Waals surface area contributed by atoms with Crippen LogP contribution in [0.1, 0.15) is 29.1 Å². The number of nitrogens with one attached hydrogen (secondary N) is 1. The second kappa shape index (κ2) is 5.85. The van der Waals surface area contributed by atoms with Gasteiger partial charge in [0.05, 0.1) is 0 Å². The molecule has 0 fully saturated rings. The van der Waals surface area contributed by atoms with Gasteiger partial charge >= 0.3 is 0 Å². The van der Waals surface area contributed by atoms with Crippen LogP contribution < -0.4 is 11.1 Å². The van der Waals surface area contributed by atoms with E-state index >= 15 is 0 Å². The van der Waals surface area contributed by atoms with E-state index in [9.17, 15) is 4.79 Å². The quantitative estimate of drug-likeness (QED) is 0.846. The number of anilines is 1. The van der Waals surface area contributed by atoms with E-state index in [1.165, 1.54) is 4.88 Å². The van der Waals surface area contributed by atoms with Crippen LogP contribution in [-0.4, -0.2) is 12.5 Å². The number of benzene rings is 1. The van der Waals surface area contributed by atoms with Crippen LogP contribution in [0.2, 0.25) is 5.02 Å². The maximum Gasteiger partial charge on any atom is 0.251 e. The fourth-order valence-corrected chi connectivity index (χ4v) is 2.99. The number of amides is 1. The highest BCUT2D eigenvalue weighted by atomic mass is 35.5. The van der Waals surface area contributed by atoms with Gasteiger partial charge in [0.1, 0.15) is 0 Å². The van der Waals surface area contributed by atoms with E-state index in [2.05, 4.69) is 25.2 Å². The van der Waals surface area contributed by atoms with Crippen molar-refractivity contribution in [3.8, 4) is 0 Å². The van der Waals surface area contributed by atoms with Crippen molar-refractivity contribution in [2.24, 2.45) is 0 Å². The number of hydrogen-bond donors (Lipinski definition) is 2. The average Bonchev–Trinajstić information content (AvgIpc) is 2.89. The molecule has 5 heteroatoms. The van der Waals surface area contributed by atoms with Crippen LogP contribution in [0.25, 0.3) is 0 Å². The Balaban J connectivity index is 2.05. The van der Waals surface area contributed by atoms with Gasteiger partial charge in [-0.25, -0.2) is 0 Å². The average molecular weight is 309 g/mol. The zero-order valence-electron chi connectivity index (χ0n) is 11.4. The topological polar surface area (TPSA) is 55.1 Å². The van der Waals surface area contributed by atoms with Gasteiger partial charge < -0.3 is 11.1 Å². The number of rotatable bonds is 4. The number of carbonyl (C=O) groups is 1. The molecule has 1 amide bonds. The van der Waals surface area contributed by atoms with E-state index in [-0.39, 0.29) is 11.3 Å². The summed E-state index contributed by atoms with van der Waals surface area (Å²) in [5.74, 6) is -0.163. The molecule has 0 bridgehead atoms. The van der Waals surface area contributed by atoms with Crippen LogP contribution >= 0.6 is 22.9 Å². The molecule has 0 atom stereocenters. The summed E-state index contributed by atoms with van der Waals surface area (Å²) in [6, 6.07) is 8.95. The van der Waals surface area contributed by atoms with Gasteiger partial charge in [0.15, 0.2) is 0 Å². The van der Waals surface area contributed by atoms with Gasteiger partial charge in [0.25, 0.3) is 5.91 Å². The van der Waals surface area contributed by atoms with Crippen LogP contribution in [0, 0.1) is 0 Å². The molecule has 1 aromatic heterocycles. The molecule has 3 nitrogen and oxygen atoms in total. The van der Waals surface area contributed by atoms with Crippen molar-refractivity contribution >= 4 is 34.5 Å².